The van der Waals surface area contributed by atoms with Crippen LogP contribution in [0.15, 0.2) is 22.7 Å². The third-order valence-electron chi connectivity index (χ3n) is 2.61. The maximum Gasteiger partial charge on any atom is 0.283 e. The molecule has 0 aliphatic carbocycles. The van der Waals surface area contributed by atoms with Crippen LogP contribution in [-0.4, -0.2) is 24.6 Å². The molecular weight excluding hydrogens is 274 g/mol. The Morgan fingerprint density at radius 1 is 1.44 bits per heavy atom. The predicted octanol–water partition coefficient (Wildman–Crippen LogP) is 1.59. The Balaban J connectivity index is 2.27. The Morgan fingerprint density at radius 2 is 2.25 bits per heavy atom. The summed E-state index contributed by atoms with van der Waals surface area (Å²) in [6.07, 6.45) is 0. The van der Waals surface area contributed by atoms with E-state index in [0.29, 0.717) is 4.47 Å². The van der Waals surface area contributed by atoms with Crippen molar-refractivity contribution in [3.05, 3.63) is 38.3 Å². The van der Waals surface area contributed by atoms with E-state index in [2.05, 4.69) is 26.6 Å². The second-order valence-corrected chi connectivity index (χ2v) is 4.53. The van der Waals surface area contributed by atoms with Gasteiger partial charge in [-0.15, -0.1) is 0 Å². The van der Waals surface area contributed by atoms with Crippen LogP contribution in [0.2, 0.25) is 0 Å². The molecule has 2 N–H and O–H groups in total. The molecule has 1 aromatic rings. The van der Waals surface area contributed by atoms with Gasteiger partial charge in [-0.3, -0.25) is 10.1 Å². The fraction of sp³-hybridized carbons (Fsp3) is 0.400. The topological polar surface area (TPSA) is 67.2 Å². The molecule has 2 rings (SSSR count). The summed E-state index contributed by atoms with van der Waals surface area (Å²) in [5, 5.41) is 17.4. The Hall–Kier alpha value is -0.980. The molecular formula is C10H12BrN3O2. The van der Waals surface area contributed by atoms with Crippen LogP contribution in [0.5, 0.6) is 0 Å². The number of nitrogens with one attached hydrogen (secondary N) is 2. The lowest BCUT2D eigenvalue weighted by atomic mass is 10.0. The number of nitrogens with zero attached hydrogens (tertiary/aromatic N) is 1. The first-order chi connectivity index (χ1) is 7.68. The molecule has 86 valence electrons. The monoisotopic (exact) mass is 285 g/mol. The van der Waals surface area contributed by atoms with E-state index < -0.39 is 0 Å². The van der Waals surface area contributed by atoms with Crippen LogP contribution in [0, 0.1) is 10.1 Å². The van der Waals surface area contributed by atoms with Crippen molar-refractivity contribution >= 4 is 21.6 Å². The number of benzene rings is 1. The van der Waals surface area contributed by atoms with Crippen molar-refractivity contribution in [3.63, 3.8) is 0 Å². The van der Waals surface area contributed by atoms with Crippen molar-refractivity contribution in [1.82, 2.24) is 10.6 Å². The van der Waals surface area contributed by atoms with Gasteiger partial charge in [0.25, 0.3) is 5.69 Å². The number of piperazine rings is 1. The fourth-order valence-electron chi connectivity index (χ4n) is 1.78. The van der Waals surface area contributed by atoms with Crippen molar-refractivity contribution in [3.8, 4) is 0 Å². The van der Waals surface area contributed by atoms with E-state index in [1.54, 1.807) is 12.1 Å². The molecule has 5 nitrogen and oxygen atoms in total. The van der Waals surface area contributed by atoms with E-state index in [1.807, 2.05) is 6.07 Å². The highest BCUT2D eigenvalue weighted by atomic mass is 79.9. The van der Waals surface area contributed by atoms with E-state index >= 15 is 0 Å². The third-order valence-corrected chi connectivity index (χ3v) is 3.28. The van der Waals surface area contributed by atoms with E-state index in [0.717, 1.165) is 25.2 Å². The van der Waals surface area contributed by atoms with Crippen molar-refractivity contribution in [2.75, 3.05) is 19.6 Å². The summed E-state index contributed by atoms with van der Waals surface area (Å²) in [6, 6.07) is 5.40. The van der Waals surface area contributed by atoms with Gasteiger partial charge in [0.15, 0.2) is 0 Å². The lowest BCUT2D eigenvalue weighted by molar-refractivity contribution is -0.385. The minimum Gasteiger partial charge on any atom is -0.314 e. The maximum absolute atomic E-state index is 10.8. The predicted molar refractivity (Wildman–Crippen MR) is 64.4 cm³/mol. The smallest absolute Gasteiger partial charge is 0.283 e. The largest absolute Gasteiger partial charge is 0.314 e. The highest BCUT2D eigenvalue weighted by molar-refractivity contribution is 9.10. The van der Waals surface area contributed by atoms with Gasteiger partial charge < -0.3 is 10.6 Å². The summed E-state index contributed by atoms with van der Waals surface area (Å²) in [7, 11) is 0. The van der Waals surface area contributed by atoms with Crippen molar-refractivity contribution in [2.24, 2.45) is 0 Å². The van der Waals surface area contributed by atoms with Crippen LogP contribution < -0.4 is 10.6 Å². The number of hydrogen-bond donors (Lipinski definition) is 2. The molecule has 0 aromatic heterocycles. The summed E-state index contributed by atoms with van der Waals surface area (Å²) in [6.45, 7) is 2.63. The Labute approximate surface area is 102 Å². The summed E-state index contributed by atoms with van der Waals surface area (Å²) in [4.78, 5) is 10.4. The molecule has 0 unspecified atom stereocenters. The molecule has 1 heterocycles. The van der Waals surface area contributed by atoms with Crippen molar-refractivity contribution < 1.29 is 4.92 Å². The van der Waals surface area contributed by atoms with Gasteiger partial charge in [-0.05, 0) is 27.6 Å². The van der Waals surface area contributed by atoms with Gasteiger partial charge in [-0.1, -0.05) is 6.07 Å². The molecule has 1 aliphatic heterocycles. The Bertz CT molecular complexity index is 405. The summed E-state index contributed by atoms with van der Waals surface area (Å²) in [5.74, 6) is 0. The molecule has 1 saturated heterocycles. The normalized spacial score (nSPS) is 20.7. The molecule has 1 aliphatic rings. The molecule has 6 heteroatoms. The van der Waals surface area contributed by atoms with Gasteiger partial charge in [0.2, 0.25) is 0 Å². The average Bonchev–Trinajstić information content (AvgIpc) is 2.30. The SMILES string of the molecule is O=[N+]([O-])c1cc([C@H]2CNCCN2)ccc1Br. The molecule has 1 atom stereocenters. The number of nitro benzene ring substituents is 1. The highest BCUT2D eigenvalue weighted by Crippen LogP contribution is 2.28. The van der Waals surface area contributed by atoms with Crippen molar-refractivity contribution in [1.29, 1.82) is 0 Å². The van der Waals surface area contributed by atoms with Crippen LogP contribution >= 0.6 is 15.9 Å². The van der Waals surface area contributed by atoms with Gasteiger partial charge in [0.05, 0.1) is 9.40 Å². The van der Waals surface area contributed by atoms with Crippen molar-refractivity contribution in [2.45, 2.75) is 6.04 Å². The van der Waals surface area contributed by atoms with Gasteiger partial charge in [0, 0.05) is 31.7 Å². The quantitative estimate of drug-likeness (QED) is 0.640. The molecule has 0 saturated carbocycles. The first-order valence-corrected chi connectivity index (χ1v) is 5.86. The Kier molecular flexibility index (Phi) is 3.52. The molecule has 1 fully saturated rings. The van der Waals surface area contributed by atoms with Gasteiger partial charge >= 0.3 is 0 Å². The molecule has 0 spiro atoms. The van der Waals surface area contributed by atoms with E-state index in [-0.39, 0.29) is 16.7 Å². The first-order valence-electron chi connectivity index (χ1n) is 5.06. The second-order valence-electron chi connectivity index (χ2n) is 3.68. The van der Waals surface area contributed by atoms with Crippen LogP contribution in [-0.2, 0) is 0 Å². The molecule has 0 radical (unpaired) electrons. The van der Waals surface area contributed by atoms with Crippen LogP contribution in [0.25, 0.3) is 0 Å². The lowest BCUT2D eigenvalue weighted by Gasteiger charge is -2.24. The summed E-state index contributed by atoms with van der Waals surface area (Å²) < 4.78 is 0.519. The minimum absolute atomic E-state index is 0.116. The number of rotatable bonds is 2. The highest BCUT2D eigenvalue weighted by Gasteiger charge is 2.19. The standard InChI is InChI=1S/C10H12BrN3O2/c11-8-2-1-7(5-10(8)14(15)16)9-6-12-3-4-13-9/h1-2,5,9,12-13H,3-4,6H2/t9-/m1/s1. The zero-order valence-electron chi connectivity index (χ0n) is 8.57. The van der Waals surface area contributed by atoms with E-state index in [9.17, 15) is 10.1 Å². The molecule has 1 aromatic carbocycles. The second kappa shape index (κ2) is 4.90. The molecule has 16 heavy (non-hydrogen) atoms. The van der Waals surface area contributed by atoms with E-state index in [4.69, 9.17) is 0 Å². The fourth-order valence-corrected chi connectivity index (χ4v) is 2.17. The lowest BCUT2D eigenvalue weighted by Crippen LogP contribution is -2.42. The van der Waals surface area contributed by atoms with E-state index in [1.165, 1.54) is 0 Å². The maximum atomic E-state index is 10.8. The Morgan fingerprint density at radius 3 is 2.88 bits per heavy atom. The zero-order chi connectivity index (χ0) is 11.5. The van der Waals surface area contributed by atoms with Gasteiger partial charge in [-0.2, -0.15) is 0 Å². The molecule has 0 amide bonds. The summed E-state index contributed by atoms with van der Waals surface area (Å²) in [5.41, 5.74) is 1.06. The van der Waals surface area contributed by atoms with Gasteiger partial charge in [-0.25, -0.2) is 0 Å². The molecule has 0 bridgehead atoms. The zero-order valence-corrected chi connectivity index (χ0v) is 10.2. The minimum atomic E-state index is -0.371. The number of halogens is 1. The van der Waals surface area contributed by atoms with Crippen LogP contribution in [0.4, 0.5) is 5.69 Å². The average molecular weight is 286 g/mol. The summed E-state index contributed by atoms with van der Waals surface area (Å²) >= 11 is 3.18. The van der Waals surface area contributed by atoms with Crippen LogP contribution in [0.1, 0.15) is 11.6 Å². The van der Waals surface area contributed by atoms with Crippen LogP contribution in [0.3, 0.4) is 0 Å². The first kappa shape index (κ1) is 11.5. The van der Waals surface area contributed by atoms with Gasteiger partial charge in [0.1, 0.15) is 0 Å². The number of nitro groups is 1. The number of hydrogen-bond acceptors (Lipinski definition) is 4. The third kappa shape index (κ3) is 2.40.